The van der Waals surface area contributed by atoms with Crippen LogP contribution in [-0.4, -0.2) is 27.5 Å². The van der Waals surface area contributed by atoms with Crippen LogP contribution in [0, 0.1) is 10.1 Å². The lowest BCUT2D eigenvalue weighted by atomic mass is 10.1. The summed E-state index contributed by atoms with van der Waals surface area (Å²) < 4.78 is 0. The van der Waals surface area contributed by atoms with Crippen LogP contribution in [-0.2, 0) is 11.2 Å². The third kappa shape index (κ3) is 6.17. The van der Waals surface area contributed by atoms with Gasteiger partial charge in [-0.15, -0.1) is 23.1 Å². The van der Waals surface area contributed by atoms with Crippen molar-refractivity contribution in [2.24, 2.45) is 5.73 Å². The Morgan fingerprint density at radius 2 is 2.00 bits per heavy atom. The SMILES string of the molecule is NC(=O)c1ccc(SCC(=O)Nc2ncc(Cc3cc(Cl)ccc3Cl)s2)c([N+](=O)[O-])c1. The third-order valence-corrected chi connectivity index (χ3v) is 6.55. The van der Waals surface area contributed by atoms with Crippen molar-refractivity contribution >= 4 is 68.9 Å². The summed E-state index contributed by atoms with van der Waals surface area (Å²) in [4.78, 5) is 39.4. The first kappa shape index (κ1) is 23.0. The van der Waals surface area contributed by atoms with Crippen molar-refractivity contribution in [2.75, 3.05) is 11.1 Å². The Balaban J connectivity index is 1.61. The van der Waals surface area contributed by atoms with Crippen LogP contribution in [0.4, 0.5) is 10.8 Å². The fourth-order valence-electron chi connectivity index (χ4n) is 2.55. The van der Waals surface area contributed by atoms with Crippen molar-refractivity contribution in [3.8, 4) is 0 Å². The molecule has 0 aliphatic carbocycles. The zero-order valence-electron chi connectivity index (χ0n) is 15.6. The Morgan fingerprint density at radius 3 is 2.71 bits per heavy atom. The Kier molecular flexibility index (Phi) is 7.50. The average Bonchev–Trinajstić information content (AvgIpc) is 3.15. The standard InChI is InChI=1S/C19H14Cl2N4O4S2/c20-12-2-3-14(21)11(5-12)6-13-8-23-19(31-13)24-17(26)9-30-16-4-1-10(18(22)27)7-15(16)25(28)29/h1-5,7-8H,6,9H2,(H2,22,27)(H,23,24,26). The number of halogens is 2. The van der Waals surface area contributed by atoms with Gasteiger partial charge in [-0.3, -0.25) is 19.7 Å². The zero-order chi connectivity index (χ0) is 22.5. The van der Waals surface area contributed by atoms with E-state index in [2.05, 4.69) is 10.3 Å². The van der Waals surface area contributed by atoms with Gasteiger partial charge in [0.1, 0.15) is 0 Å². The molecule has 2 aromatic carbocycles. The summed E-state index contributed by atoms with van der Waals surface area (Å²) in [5, 5.41) is 15.5. The highest BCUT2D eigenvalue weighted by atomic mass is 35.5. The van der Waals surface area contributed by atoms with Gasteiger partial charge in [-0.05, 0) is 35.9 Å². The molecule has 3 rings (SSSR count). The molecular formula is C19H14Cl2N4O4S2. The number of nitrogens with one attached hydrogen (secondary N) is 1. The van der Waals surface area contributed by atoms with Crippen LogP contribution >= 0.6 is 46.3 Å². The minimum absolute atomic E-state index is 0.0237. The molecule has 12 heteroatoms. The highest BCUT2D eigenvalue weighted by Gasteiger charge is 2.18. The van der Waals surface area contributed by atoms with Gasteiger partial charge in [0, 0.05) is 39.2 Å². The number of rotatable bonds is 8. The topological polar surface area (TPSA) is 128 Å². The van der Waals surface area contributed by atoms with Gasteiger partial charge in [0.05, 0.1) is 15.6 Å². The van der Waals surface area contributed by atoms with Crippen LogP contribution < -0.4 is 11.1 Å². The van der Waals surface area contributed by atoms with Gasteiger partial charge in [0.2, 0.25) is 11.8 Å². The molecule has 0 aliphatic rings. The predicted molar refractivity (Wildman–Crippen MR) is 122 cm³/mol. The smallest absolute Gasteiger partial charge is 0.283 e. The van der Waals surface area contributed by atoms with Gasteiger partial charge in [-0.25, -0.2) is 4.98 Å². The molecule has 3 N–H and O–H groups in total. The van der Waals surface area contributed by atoms with Crippen LogP contribution in [0.2, 0.25) is 10.0 Å². The van der Waals surface area contributed by atoms with Crippen molar-refractivity contribution < 1.29 is 14.5 Å². The number of carbonyl (C=O) groups excluding carboxylic acids is 2. The molecule has 0 aliphatic heterocycles. The first-order valence-corrected chi connectivity index (χ1v) is 11.2. The molecule has 0 saturated heterocycles. The lowest BCUT2D eigenvalue weighted by Crippen LogP contribution is -2.14. The van der Waals surface area contributed by atoms with Gasteiger partial charge < -0.3 is 11.1 Å². The fraction of sp³-hybridized carbons (Fsp3) is 0.105. The van der Waals surface area contributed by atoms with Crippen LogP contribution in [0.5, 0.6) is 0 Å². The molecule has 2 amide bonds. The number of benzene rings is 2. The monoisotopic (exact) mass is 496 g/mol. The summed E-state index contributed by atoms with van der Waals surface area (Å²) in [6.07, 6.45) is 2.15. The molecule has 31 heavy (non-hydrogen) atoms. The van der Waals surface area contributed by atoms with E-state index < -0.39 is 10.8 Å². The number of hydrogen-bond acceptors (Lipinski definition) is 7. The van der Waals surface area contributed by atoms with Gasteiger partial charge in [-0.2, -0.15) is 0 Å². The zero-order valence-corrected chi connectivity index (χ0v) is 18.8. The van der Waals surface area contributed by atoms with Gasteiger partial charge in [0.15, 0.2) is 5.13 Å². The van der Waals surface area contributed by atoms with E-state index in [9.17, 15) is 19.7 Å². The maximum Gasteiger partial charge on any atom is 0.283 e. The first-order valence-electron chi connectivity index (χ1n) is 8.62. The number of thiazole rings is 1. The van der Waals surface area contributed by atoms with Crippen molar-refractivity contribution in [3.05, 3.63) is 78.8 Å². The van der Waals surface area contributed by atoms with Crippen LogP contribution in [0.3, 0.4) is 0 Å². The van der Waals surface area contributed by atoms with Crippen LogP contribution in [0.1, 0.15) is 20.8 Å². The fourth-order valence-corrected chi connectivity index (χ4v) is 4.58. The molecule has 0 unspecified atom stereocenters. The van der Waals surface area contributed by atoms with Gasteiger partial charge in [-0.1, -0.05) is 23.2 Å². The molecule has 8 nitrogen and oxygen atoms in total. The minimum Gasteiger partial charge on any atom is -0.366 e. The maximum absolute atomic E-state index is 12.3. The normalized spacial score (nSPS) is 10.6. The number of nitro benzene ring substituents is 1. The lowest BCUT2D eigenvalue weighted by molar-refractivity contribution is -0.387. The summed E-state index contributed by atoms with van der Waals surface area (Å²) in [6.45, 7) is 0. The first-order chi connectivity index (χ1) is 14.7. The second-order valence-corrected chi connectivity index (χ2v) is 9.16. The van der Waals surface area contributed by atoms with E-state index in [1.165, 1.54) is 23.5 Å². The molecule has 1 aromatic heterocycles. The van der Waals surface area contributed by atoms with E-state index in [1.807, 2.05) is 0 Å². The number of primary amides is 1. The number of nitro groups is 1. The maximum atomic E-state index is 12.3. The second kappa shape index (κ2) is 10.1. The number of anilines is 1. The Morgan fingerprint density at radius 1 is 1.23 bits per heavy atom. The van der Waals surface area contributed by atoms with E-state index in [0.717, 1.165) is 28.3 Å². The number of thioether (sulfide) groups is 1. The summed E-state index contributed by atoms with van der Waals surface area (Å²) in [7, 11) is 0. The molecule has 0 saturated carbocycles. The summed E-state index contributed by atoms with van der Waals surface area (Å²) >= 11 is 14.4. The molecule has 1 heterocycles. The van der Waals surface area contributed by atoms with Crippen molar-refractivity contribution in [2.45, 2.75) is 11.3 Å². The summed E-state index contributed by atoms with van der Waals surface area (Å²) in [5.74, 6) is -1.22. The van der Waals surface area contributed by atoms with E-state index >= 15 is 0 Å². The van der Waals surface area contributed by atoms with E-state index in [4.69, 9.17) is 28.9 Å². The Bertz CT molecular complexity index is 1170. The largest absolute Gasteiger partial charge is 0.366 e. The third-order valence-electron chi connectivity index (χ3n) is 3.97. The predicted octanol–water partition coefficient (Wildman–Crippen LogP) is 4.78. The number of hydrogen-bond donors (Lipinski definition) is 2. The lowest BCUT2D eigenvalue weighted by Gasteiger charge is -2.05. The second-order valence-electron chi connectivity index (χ2n) is 6.18. The summed E-state index contributed by atoms with van der Waals surface area (Å²) in [5.41, 5.74) is 5.74. The van der Waals surface area contributed by atoms with Crippen molar-refractivity contribution in [3.63, 3.8) is 0 Å². The quantitative estimate of drug-likeness (QED) is 0.262. The molecule has 160 valence electrons. The number of carbonyl (C=O) groups is 2. The molecular weight excluding hydrogens is 483 g/mol. The number of nitrogens with two attached hydrogens (primary N) is 1. The van der Waals surface area contributed by atoms with E-state index in [1.54, 1.807) is 24.4 Å². The highest BCUT2D eigenvalue weighted by molar-refractivity contribution is 8.00. The van der Waals surface area contributed by atoms with Crippen LogP contribution in [0.15, 0.2) is 47.5 Å². The molecule has 0 radical (unpaired) electrons. The number of aromatic nitrogens is 1. The van der Waals surface area contributed by atoms with Gasteiger partial charge in [0.25, 0.3) is 5.69 Å². The average molecular weight is 497 g/mol. The summed E-state index contributed by atoms with van der Waals surface area (Å²) in [6, 6.07) is 9.06. The van der Waals surface area contributed by atoms with Crippen molar-refractivity contribution in [1.29, 1.82) is 0 Å². The number of nitrogens with zero attached hydrogens (tertiary/aromatic N) is 2. The Labute approximate surface area is 194 Å². The molecule has 0 fully saturated rings. The minimum atomic E-state index is -0.768. The Hall–Kier alpha value is -2.66. The number of amides is 2. The molecule has 0 spiro atoms. The van der Waals surface area contributed by atoms with Crippen molar-refractivity contribution in [1.82, 2.24) is 4.98 Å². The molecule has 0 bridgehead atoms. The molecule has 3 aromatic rings. The van der Waals surface area contributed by atoms with Crippen LogP contribution in [0.25, 0.3) is 0 Å². The van der Waals surface area contributed by atoms with E-state index in [0.29, 0.717) is 21.6 Å². The van der Waals surface area contributed by atoms with Gasteiger partial charge >= 0.3 is 0 Å². The molecule has 0 atom stereocenters. The van der Waals surface area contributed by atoms with E-state index in [-0.39, 0.29) is 27.8 Å². The highest BCUT2D eigenvalue weighted by Crippen LogP contribution is 2.31.